The van der Waals surface area contributed by atoms with Crippen LogP contribution in [0.3, 0.4) is 0 Å². The van der Waals surface area contributed by atoms with E-state index in [0.717, 1.165) is 9.87 Å². The number of hydrogen-bond acceptors (Lipinski definition) is 6. The van der Waals surface area contributed by atoms with Crippen molar-refractivity contribution < 1.29 is 18.0 Å². The van der Waals surface area contributed by atoms with E-state index in [-0.39, 0.29) is 17.3 Å². The third-order valence-electron chi connectivity index (χ3n) is 4.33. The molecule has 0 amide bonds. The maximum absolute atomic E-state index is 12.2. The van der Waals surface area contributed by atoms with E-state index in [1.54, 1.807) is 42.7 Å². The molecule has 2 N–H and O–H groups in total. The number of aromatic nitrogens is 1. The molecule has 0 saturated carbocycles. The molecule has 0 spiro atoms. The maximum Gasteiger partial charge on any atom is 0.242 e. The largest absolute Gasteiger partial charge is 0.489 e. The standard InChI is InChI=1S/C22H24N4O4S/c1-26(2)31(27,28)21-10-3-6-17(12-21)16-30-25-22(23)19-8-4-9-20(13-19)29-15-18-7-5-11-24-14-18/h3-14H,15-16H2,1-2H3,(H2,23,25). The molecule has 0 aliphatic carbocycles. The Balaban J connectivity index is 1.62. The number of nitrogens with zero attached hydrogens (tertiary/aromatic N) is 3. The summed E-state index contributed by atoms with van der Waals surface area (Å²) < 4.78 is 31.4. The third-order valence-corrected chi connectivity index (χ3v) is 6.14. The fourth-order valence-electron chi connectivity index (χ4n) is 2.63. The van der Waals surface area contributed by atoms with Crippen molar-refractivity contribution in [2.45, 2.75) is 18.1 Å². The van der Waals surface area contributed by atoms with Crippen LogP contribution < -0.4 is 10.5 Å². The number of pyridine rings is 1. The summed E-state index contributed by atoms with van der Waals surface area (Å²) in [7, 11) is -0.546. The van der Waals surface area contributed by atoms with Gasteiger partial charge in [-0.15, -0.1) is 0 Å². The van der Waals surface area contributed by atoms with Gasteiger partial charge < -0.3 is 15.3 Å². The maximum atomic E-state index is 12.2. The van der Waals surface area contributed by atoms with Crippen LogP contribution >= 0.6 is 0 Å². The van der Waals surface area contributed by atoms with E-state index in [4.69, 9.17) is 15.3 Å². The van der Waals surface area contributed by atoms with Gasteiger partial charge in [-0.05, 0) is 35.9 Å². The molecule has 0 fully saturated rings. The molecule has 31 heavy (non-hydrogen) atoms. The van der Waals surface area contributed by atoms with Crippen molar-refractivity contribution in [3.05, 3.63) is 89.7 Å². The summed E-state index contributed by atoms with van der Waals surface area (Å²) in [4.78, 5) is 9.58. The van der Waals surface area contributed by atoms with E-state index < -0.39 is 10.0 Å². The summed E-state index contributed by atoms with van der Waals surface area (Å²) in [5, 5.41) is 3.95. The summed E-state index contributed by atoms with van der Waals surface area (Å²) in [5.41, 5.74) is 8.29. The molecule has 3 aromatic rings. The summed E-state index contributed by atoms with van der Waals surface area (Å²) in [6.45, 7) is 0.464. The highest BCUT2D eigenvalue weighted by molar-refractivity contribution is 7.89. The Morgan fingerprint density at radius 3 is 2.55 bits per heavy atom. The van der Waals surface area contributed by atoms with Crippen LogP contribution in [0.5, 0.6) is 5.75 Å². The quantitative estimate of drug-likeness (QED) is 0.311. The Morgan fingerprint density at radius 2 is 1.81 bits per heavy atom. The lowest BCUT2D eigenvalue weighted by molar-refractivity contribution is 0.130. The Kier molecular flexibility index (Phi) is 7.22. The van der Waals surface area contributed by atoms with Crippen LogP contribution in [0.1, 0.15) is 16.7 Å². The Labute approximate surface area is 182 Å². The predicted molar refractivity (Wildman–Crippen MR) is 118 cm³/mol. The van der Waals surface area contributed by atoms with Crippen LogP contribution in [0.15, 0.2) is 83.1 Å². The highest BCUT2D eigenvalue weighted by Gasteiger charge is 2.17. The Morgan fingerprint density at radius 1 is 1.03 bits per heavy atom. The van der Waals surface area contributed by atoms with Crippen molar-refractivity contribution in [3.8, 4) is 5.75 Å². The molecule has 8 nitrogen and oxygen atoms in total. The summed E-state index contributed by atoms with van der Waals surface area (Å²) in [6.07, 6.45) is 3.45. The van der Waals surface area contributed by atoms with Crippen LogP contribution in [0.25, 0.3) is 0 Å². The molecule has 2 aromatic carbocycles. The van der Waals surface area contributed by atoms with Gasteiger partial charge in [0.25, 0.3) is 0 Å². The van der Waals surface area contributed by atoms with E-state index in [2.05, 4.69) is 10.1 Å². The molecule has 1 aromatic heterocycles. The second-order valence-corrected chi connectivity index (χ2v) is 9.01. The first-order chi connectivity index (χ1) is 14.9. The number of nitrogens with two attached hydrogens (primary N) is 1. The monoisotopic (exact) mass is 440 g/mol. The lowest BCUT2D eigenvalue weighted by Gasteiger charge is -2.12. The van der Waals surface area contributed by atoms with Gasteiger partial charge in [-0.2, -0.15) is 0 Å². The third kappa shape index (κ3) is 6.03. The Hall–Kier alpha value is -3.43. The van der Waals surface area contributed by atoms with Crippen LogP contribution in [0.4, 0.5) is 0 Å². The fourth-order valence-corrected chi connectivity index (χ4v) is 3.60. The number of hydrogen-bond donors (Lipinski definition) is 1. The molecule has 3 rings (SSSR count). The highest BCUT2D eigenvalue weighted by Crippen LogP contribution is 2.17. The molecule has 0 bridgehead atoms. The molecule has 0 atom stereocenters. The number of rotatable bonds is 9. The van der Waals surface area contributed by atoms with Gasteiger partial charge >= 0.3 is 0 Å². The number of oxime groups is 1. The molecule has 162 valence electrons. The minimum atomic E-state index is -3.51. The molecular formula is C22H24N4O4S. The zero-order chi connectivity index (χ0) is 22.3. The first-order valence-electron chi connectivity index (χ1n) is 9.45. The van der Waals surface area contributed by atoms with Gasteiger partial charge in [0.15, 0.2) is 5.84 Å². The van der Waals surface area contributed by atoms with Crippen LogP contribution in [0, 0.1) is 0 Å². The minimum absolute atomic E-state index is 0.0781. The van der Waals surface area contributed by atoms with Crippen LogP contribution in [-0.4, -0.2) is 37.6 Å². The van der Waals surface area contributed by atoms with E-state index >= 15 is 0 Å². The van der Waals surface area contributed by atoms with Crippen molar-refractivity contribution in [2.24, 2.45) is 10.9 Å². The van der Waals surface area contributed by atoms with Crippen molar-refractivity contribution >= 4 is 15.9 Å². The fraction of sp³-hybridized carbons (Fsp3) is 0.182. The molecule has 0 aliphatic heterocycles. The predicted octanol–water partition coefficient (Wildman–Crippen LogP) is 2.75. The Bertz CT molecular complexity index is 1150. The van der Waals surface area contributed by atoms with Gasteiger partial charge in [0.05, 0.1) is 4.90 Å². The normalized spacial score (nSPS) is 12.0. The molecule has 9 heteroatoms. The molecule has 0 aliphatic rings. The summed E-state index contributed by atoms with van der Waals surface area (Å²) in [6, 6.07) is 17.5. The molecule has 0 saturated heterocycles. The molecule has 0 unspecified atom stereocenters. The summed E-state index contributed by atoms with van der Waals surface area (Å²) in [5.74, 6) is 0.824. The smallest absolute Gasteiger partial charge is 0.242 e. The lowest BCUT2D eigenvalue weighted by Crippen LogP contribution is -2.22. The first kappa shape index (κ1) is 22.3. The number of amidine groups is 1. The van der Waals surface area contributed by atoms with Gasteiger partial charge in [0.2, 0.25) is 10.0 Å². The van der Waals surface area contributed by atoms with Gasteiger partial charge in [0, 0.05) is 37.6 Å². The van der Waals surface area contributed by atoms with Gasteiger partial charge in [-0.25, -0.2) is 12.7 Å². The van der Waals surface area contributed by atoms with E-state index in [0.29, 0.717) is 23.5 Å². The van der Waals surface area contributed by atoms with Gasteiger partial charge in [-0.1, -0.05) is 35.5 Å². The van der Waals surface area contributed by atoms with Crippen molar-refractivity contribution in [3.63, 3.8) is 0 Å². The van der Waals surface area contributed by atoms with E-state index in [1.165, 1.54) is 20.2 Å². The molecule has 1 heterocycles. The number of ether oxygens (including phenoxy) is 1. The topological polar surface area (TPSA) is 107 Å². The number of benzene rings is 2. The van der Waals surface area contributed by atoms with E-state index in [1.807, 2.05) is 24.3 Å². The van der Waals surface area contributed by atoms with Crippen molar-refractivity contribution in [1.82, 2.24) is 9.29 Å². The summed E-state index contributed by atoms with van der Waals surface area (Å²) >= 11 is 0. The van der Waals surface area contributed by atoms with Crippen molar-refractivity contribution in [2.75, 3.05) is 14.1 Å². The zero-order valence-corrected chi connectivity index (χ0v) is 18.1. The average Bonchev–Trinajstić information content (AvgIpc) is 2.78. The van der Waals surface area contributed by atoms with Crippen LogP contribution in [-0.2, 0) is 28.1 Å². The van der Waals surface area contributed by atoms with Gasteiger partial charge in [-0.3, -0.25) is 4.98 Å². The highest BCUT2D eigenvalue weighted by atomic mass is 32.2. The van der Waals surface area contributed by atoms with E-state index in [9.17, 15) is 8.42 Å². The molecular weight excluding hydrogens is 416 g/mol. The lowest BCUT2D eigenvalue weighted by atomic mass is 10.2. The second kappa shape index (κ2) is 10.1. The van der Waals surface area contributed by atoms with Crippen molar-refractivity contribution in [1.29, 1.82) is 0 Å². The second-order valence-electron chi connectivity index (χ2n) is 6.86. The first-order valence-corrected chi connectivity index (χ1v) is 10.9. The SMILES string of the molecule is CN(C)S(=O)(=O)c1cccc(CO/N=C(/N)c2cccc(OCc3cccnc3)c2)c1. The van der Waals surface area contributed by atoms with Crippen LogP contribution in [0.2, 0.25) is 0 Å². The van der Waals surface area contributed by atoms with Gasteiger partial charge in [0.1, 0.15) is 19.0 Å². The number of sulfonamides is 1. The molecule has 0 radical (unpaired) electrons. The average molecular weight is 441 g/mol. The minimum Gasteiger partial charge on any atom is -0.489 e. The zero-order valence-electron chi connectivity index (χ0n) is 17.3.